The molecular weight excluding hydrogens is 314 g/mol. The number of halogens is 1. The van der Waals surface area contributed by atoms with Crippen molar-refractivity contribution in [2.75, 3.05) is 19.6 Å². The lowest BCUT2D eigenvalue weighted by atomic mass is 10.2. The van der Waals surface area contributed by atoms with Crippen LogP contribution in [0, 0.1) is 0 Å². The van der Waals surface area contributed by atoms with Gasteiger partial charge in [-0.3, -0.25) is 9.79 Å². The standard InChI is InChI=1S/C16H26ClN5O/c1-4-18-16(20-10-8-15(23)22-12(2)3)19-9-7-13-5-6-14(17)21-11-13/h5-6,11-12H,4,7-10H2,1-3H3,(H,22,23)(H2,18,19,20). The van der Waals surface area contributed by atoms with Gasteiger partial charge in [-0.05, 0) is 38.8 Å². The van der Waals surface area contributed by atoms with E-state index in [-0.39, 0.29) is 11.9 Å². The molecular formula is C16H26ClN5O. The molecule has 0 aliphatic carbocycles. The molecule has 0 radical (unpaired) electrons. The Morgan fingerprint density at radius 3 is 2.74 bits per heavy atom. The Kier molecular flexibility index (Phi) is 9.05. The van der Waals surface area contributed by atoms with E-state index < -0.39 is 0 Å². The minimum Gasteiger partial charge on any atom is -0.357 e. The highest BCUT2D eigenvalue weighted by Gasteiger charge is 2.03. The van der Waals surface area contributed by atoms with Crippen LogP contribution >= 0.6 is 11.6 Å². The molecule has 1 aromatic rings. The fourth-order valence-electron chi connectivity index (χ4n) is 1.88. The molecule has 0 bridgehead atoms. The first-order valence-electron chi connectivity index (χ1n) is 7.93. The van der Waals surface area contributed by atoms with E-state index in [4.69, 9.17) is 11.6 Å². The summed E-state index contributed by atoms with van der Waals surface area (Å²) in [7, 11) is 0. The minimum absolute atomic E-state index is 0.0202. The van der Waals surface area contributed by atoms with Crippen LogP contribution in [-0.2, 0) is 11.2 Å². The van der Waals surface area contributed by atoms with Crippen molar-refractivity contribution in [2.24, 2.45) is 4.99 Å². The van der Waals surface area contributed by atoms with Gasteiger partial charge in [-0.2, -0.15) is 0 Å². The summed E-state index contributed by atoms with van der Waals surface area (Å²) in [6.45, 7) is 7.85. The van der Waals surface area contributed by atoms with Gasteiger partial charge < -0.3 is 16.0 Å². The van der Waals surface area contributed by atoms with Crippen molar-refractivity contribution in [1.29, 1.82) is 0 Å². The highest BCUT2D eigenvalue weighted by atomic mass is 35.5. The smallest absolute Gasteiger partial charge is 0.222 e. The van der Waals surface area contributed by atoms with Gasteiger partial charge in [-0.25, -0.2) is 4.98 Å². The molecule has 7 heteroatoms. The molecule has 0 spiro atoms. The molecule has 1 rings (SSSR count). The number of nitrogens with one attached hydrogen (secondary N) is 3. The van der Waals surface area contributed by atoms with E-state index in [1.54, 1.807) is 12.3 Å². The van der Waals surface area contributed by atoms with Crippen molar-refractivity contribution in [3.05, 3.63) is 29.0 Å². The summed E-state index contributed by atoms with van der Waals surface area (Å²) in [5.74, 6) is 0.735. The molecule has 0 atom stereocenters. The summed E-state index contributed by atoms with van der Waals surface area (Å²) in [6, 6.07) is 3.90. The largest absolute Gasteiger partial charge is 0.357 e. The zero-order chi connectivity index (χ0) is 17.1. The molecule has 128 valence electrons. The molecule has 1 aromatic heterocycles. The van der Waals surface area contributed by atoms with Gasteiger partial charge in [0.05, 0.1) is 6.54 Å². The summed E-state index contributed by atoms with van der Waals surface area (Å²) < 4.78 is 0. The van der Waals surface area contributed by atoms with Crippen molar-refractivity contribution in [3.8, 4) is 0 Å². The molecule has 1 heterocycles. The number of rotatable bonds is 8. The molecule has 0 aromatic carbocycles. The maximum absolute atomic E-state index is 11.6. The van der Waals surface area contributed by atoms with Crippen LogP contribution in [0.5, 0.6) is 0 Å². The highest BCUT2D eigenvalue weighted by molar-refractivity contribution is 6.29. The van der Waals surface area contributed by atoms with Gasteiger partial charge in [0.25, 0.3) is 0 Å². The number of pyridine rings is 1. The van der Waals surface area contributed by atoms with Gasteiger partial charge in [0.2, 0.25) is 5.91 Å². The first-order valence-corrected chi connectivity index (χ1v) is 8.31. The lowest BCUT2D eigenvalue weighted by Crippen LogP contribution is -2.38. The van der Waals surface area contributed by atoms with Crippen LogP contribution in [0.25, 0.3) is 0 Å². The van der Waals surface area contributed by atoms with Crippen LogP contribution in [0.15, 0.2) is 23.3 Å². The van der Waals surface area contributed by atoms with Crippen molar-refractivity contribution in [1.82, 2.24) is 20.9 Å². The molecule has 1 amide bonds. The Labute approximate surface area is 143 Å². The fraction of sp³-hybridized carbons (Fsp3) is 0.562. The molecule has 0 unspecified atom stereocenters. The summed E-state index contributed by atoms with van der Waals surface area (Å²) in [5, 5.41) is 9.76. The number of guanidine groups is 1. The number of hydrogen-bond donors (Lipinski definition) is 3. The van der Waals surface area contributed by atoms with Crippen LogP contribution in [-0.4, -0.2) is 42.5 Å². The summed E-state index contributed by atoms with van der Waals surface area (Å²) in [6.07, 6.45) is 2.97. The topological polar surface area (TPSA) is 78.4 Å². The second-order valence-electron chi connectivity index (χ2n) is 5.40. The van der Waals surface area contributed by atoms with E-state index in [9.17, 15) is 4.79 Å². The third kappa shape index (κ3) is 9.03. The zero-order valence-corrected chi connectivity index (χ0v) is 14.8. The second kappa shape index (κ2) is 10.8. The average molecular weight is 340 g/mol. The molecule has 23 heavy (non-hydrogen) atoms. The number of amides is 1. The fourth-order valence-corrected chi connectivity index (χ4v) is 2.00. The molecule has 0 aliphatic heterocycles. The number of nitrogens with zero attached hydrogens (tertiary/aromatic N) is 2. The Hall–Kier alpha value is -1.82. The molecule has 0 aliphatic rings. The monoisotopic (exact) mass is 339 g/mol. The molecule has 0 saturated heterocycles. The Balaban J connectivity index is 2.36. The van der Waals surface area contributed by atoms with E-state index in [1.807, 2.05) is 26.8 Å². The Morgan fingerprint density at radius 2 is 2.13 bits per heavy atom. The van der Waals surface area contributed by atoms with Crippen LogP contribution in [0.1, 0.15) is 32.8 Å². The summed E-state index contributed by atoms with van der Waals surface area (Å²) in [4.78, 5) is 20.0. The Morgan fingerprint density at radius 1 is 1.35 bits per heavy atom. The normalized spacial score (nSPS) is 11.4. The zero-order valence-electron chi connectivity index (χ0n) is 14.0. The van der Waals surface area contributed by atoms with Crippen LogP contribution in [0.3, 0.4) is 0 Å². The SMILES string of the molecule is CCNC(=NCCC(=O)NC(C)C)NCCc1ccc(Cl)nc1. The van der Waals surface area contributed by atoms with E-state index in [1.165, 1.54) is 0 Å². The second-order valence-corrected chi connectivity index (χ2v) is 5.79. The van der Waals surface area contributed by atoms with Crippen LogP contribution < -0.4 is 16.0 Å². The summed E-state index contributed by atoms with van der Waals surface area (Å²) >= 11 is 5.76. The first-order chi connectivity index (χ1) is 11.0. The Bertz CT molecular complexity index is 502. The number of aliphatic imine (C=N–C) groups is 1. The van der Waals surface area contributed by atoms with Crippen molar-refractivity contribution in [2.45, 2.75) is 39.7 Å². The van der Waals surface area contributed by atoms with E-state index in [0.29, 0.717) is 24.1 Å². The molecule has 3 N–H and O–H groups in total. The van der Waals surface area contributed by atoms with Crippen molar-refractivity contribution >= 4 is 23.5 Å². The molecule has 0 saturated carbocycles. The van der Waals surface area contributed by atoms with E-state index in [2.05, 4.69) is 25.9 Å². The number of carbonyl (C=O) groups excluding carboxylic acids is 1. The van der Waals surface area contributed by atoms with Crippen LogP contribution in [0.2, 0.25) is 5.15 Å². The lowest BCUT2D eigenvalue weighted by Gasteiger charge is -2.11. The predicted molar refractivity (Wildman–Crippen MR) is 94.8 cm³/mol. The third-order valence-corrected chi connectivity index (χ3v) is 3.12. The van der Waals surface area contributed by atoms with Gasteiger partial charge >= 0.3 is 0 Å². The van der Waals surface area contributed by atoms with E-state index in [0.717, 1.165) is 25.1 Å². The van der Waals surface area contributed by atoms with E-state index >= 15 is 0 Å². The van der Waals surface area contributed by atoms with Crippen molar-refractivity contribution < 1.29 is 4.79 Å². The number of hydrogen-bond acceptors (Lipinski definition) is 3. The van der Waals surface area contributed by atoms with Gasteiger partial charge in [0, 0.05) is 31.7 Å². The molecule has 0 fully saturated rings. The minimum atomic E-state index is 0.0202. The summed E-state index contributed by atoms with van der Waals surface area (Å²) in [5.41, 5.74) is 1.11. The first kappa shape index (κ1) is 19.2. The average Bonchev–Trinajstić information content (AvgIpc) is 2.48. The number of carbonyl (C=O) groups is 1. The lowest BCUT2D eigenvalue weighted by molar-refractivity contribution is -0.121. The third-order valence-electron chi connectivity index (χ3n) is 2.90. The number of aromatic nitrogens is 1. The van der Waals surface area contributed by atoms with Crippen molar-refractivity contribution in [3.63, 3.8) is 0 Å². The maximum atomic E-state index is 11.6. The maximum Gasteiger partial charge on any atom is 0.222 e. The van der Waals surface area contributed by atoms with Gasteiger partial charge in [0.1, 0.15) is 5.15 Å². The van der Waals surface area contributed by atoms with Crippen LogP contribution in [0.4, 0.5) is 0 Å². The predicted octanol–water partition coefficient (Wildman–Crippen LogP) is 1.75. The van der Waals surface area contributed by atoms with Gasteiger partial charge in [0.15, 0.2) is 5.96 Å². The van der Waals surface area contributed by atoms with Gasteiger partial charge in [-0.15, -0.1) is 0 Å². The highest BCUT2D eigenvalue weighted by Crippen LogP contribution is 2.05. The molecule has 6 nitrogen and oxygen atoms in total. The quantitative estimate of drug-likeness (QED) is 0.383. The van der Waals surface area contributed by atoms with Gasteiger partial charge in [-0.1, -0.05) is 17.7 Å².